The first-order valence-electron chi connectivity index (χ1n) is 11.9. The molecule has 0 heterocycles. The third kappa shape index (κ3) is 8.80. The molecule has 13 heteroatoms. The minimum Gasteiger partial charge on any atom is -0.481 e. The van der Waals surface area contributed by atoms with Crippen molar-refractivity contribution < 1.29 is 46.7 Å². The van der Waals surface area contributed by atoms with E-state index in [0.29, 0.717) is 0 Å². The topological polar surface area (TPSA) is 178 Å². The maximum Gasteiger partial charge on any atom is 0.407 e. The number of carboxylic acid groups (broad SMARTS) is 1. The highest BCUT2D eigenvalue weighted by Crippen LogP contribution is 2.44. The lowest BCUT2D eigenvalue weighted by molar-refractivity contribution is -0.138. The standard InChI is InChI=1S/C25H30N2O10S/c28-23(29)9-11-35-13-14-36-12-10-26-24(30)22(16-38(32,33)34)27-25(31)37-15-21-19-7-3-1-5-17(19)18-6-2-4-8-20(18)21/h1-8,21-22H,9-16H2,(H,26,30)(H,27,31)(H,28,29)(H,32,33,34). The summed E-state index contributed by atoms with van der Waals surface area (Å²) in [6, 6.07) is 13.9. The number of aliphatic carboxylic acids is 1. The van der Waals surface area contributed by atoms with Crippen LogP contribution in [0.25, 0.3) is 11.1 Å². The highest BCUT2D eigenvalue weighted by atomic mass is 32.2. The molecule has 0 bridgehead atoms. The van der Waals surface area contributed by atoms with E-state index in [0.717, 1.165) is 22.3 Å². The van der Waals surface area contributed by atoms with Gasteiger partial charge in [0, 0.05) is 12.5 Å². The Morgan fingerprint density at radius 3 is 2.05 bits per heavy atom. The molecule has 206 valence electrons. The second kappa shape index (κ2) is 13.9. The molecule has 2 aromatic rings. The number of alkyl carbamates (subject to hydrolysis) is 1. The molecule has 0 radical (unpaired) electrons. The van der Waals surface area contributed by atoms with E-state index in [1.54, 1.807) is 0 Å². The first-order valence-corrected chi connectivity index (χ1v) is 13.5. The van der Waals surface area contributed by atoms with Crippen molar-refractivity contribution in [2.24, 2.45) is 0 Å². The molecule has 3 rings (SSSR count). The minimum absolute atomic E-state index is 0.0116. The first-order chi connectivity index (χ1) is 18.2. The normalized spacial score (nSPS) is 13.3. The lowest BCUT2D eigenvalue weighted by atomic mass is 9.98. The summed E-state index contributed by atoms with van der Waals surface area (Å²) in [4.78, 5) is 35.4. The Morgan fingerprint density at radius 2 is 1.47 bits per heavy atom. The van der Waals surface area contributed by atoms with Crippen molar-refractivity contribution in [1.82, 2.24) is 10.6 Å². The van der Waals surface area contributed by atoms with E-state index in [1.165, 1.54) is 0 Å². The van der Waals surface area contributed by atoms with Gasteiger partial charge in [0.05, 0.1) is 32.8 Å². The third-order valence-corrected chi connectivity index (χ3v) is 6.46. The van der Waals surface area contributed by atoms with Crippen LogP contribution in [-0.4, -0.2) is 87.4 Å². The van der Waals surface area contributed by atoms with Crippen LogP contribution in [0.4, 0.5) is 4.79 Å². The molecule has 0 aromatic heterocycles. The van der Waals surface area contributed by atoms with Crippen molar-refractivity contribution in [2.45, 2.75) is 18.4 Å². The number of carbonyl (C=O) groups is 3. The van der Waals surface area contributed by atoms with E-state index < -0.39 is 39.9 Å². The summed E-state index contributed by atoms with van der Waals surface area (Å²) in [5.74, 6) is -3.09. The molecule has 2 aromatic carbocycles. The van der Waals surface area contributed by atoms with E-state index in [4.69, 9.17) is 19.3 Å². The first kappa shape index (κ1) is 29.0. The summed E-state index contributed by atoms with van der Waals surface area (Å²) >= 11 is 0. The molecular formula is C25H30N2O10S. The number of fused-ring (bicyclic) bond motifs is 3. The van der Waals surface area contributed by atoms with E-state index >= 15 is 0 Å². The molecule has 4 N–H and O–H groups in total. The van der Waals surface area contributed by atoms with Crippen LogP contribution >= 0.6 is 0 Å². The quantitative estimate of drug-likeness (QED) is 0.187. The van der Waals surface area contributed by atoms with Gasteiger partial charge in [-0.05, 0) is 22.3 Å². The maximum atomic E-state index is 12.5. The van der Waals surface area contributed by atoms with Crippen LogP contribution in [0.3, 0.4) is 0 Å². The van der Waals surface area contributed by atoms with Crippen molar-refractivity contribution in [3.8, 4) is 11.1 Å². The van der Waals surface area contributed by atoms with Crippen LogP contribution < -0.4 is 10.6 Å². The fourth-order valence-electron chi connectivity index (χ4n) is 4.03. The van der Waals surface area contributed by atoms with Gasteiger partial charge >= 0.3 is 12.1 Å². The van der Waals surface area contributed by atoms with Crippen LogP contribution in [0.15, 0.2) is 48.5 Å². The number of carbonyl (C=O) groups excluding carboxylic acids is 2. The smallest absolute Gasteiger partial charge is 0.407 e. The Hall–Kier alpha value is -3.52. The van der Waals surface area contributed by atoms with Crippen LogP contribution in [0.2, 0.25) is 0 Å². The summed E-state index contributed by atoms with van der Waals surface area (Å²) in [5.41, 5.74) is 4.05. The lowest BCUT2D eigenvalue weighted by Gasteiger charge is -2.19. The Bertz CT molecular complexity index is 1190. The number of benzene rings is 2. The molecule has 2 amide bonds. The van der Waals surface area contributed by atoms with Gasteiger partial charge in [0.1, 0.15) is 18.4 Å². The summed E-state index contributed by atoms with van der Waals surface area (Å²) < 4.78 is 47.7. The van der Waals surface area contributed by atoms with Crippen molar-refractivity contribution in [1.29, 1.82) is 0 Å². The van der Waals surface area contributed by atoms with E-state index in [2.05, 4.69) is 10.6 Å². The van der Waals surface area contributed by atoms with Crippen LogP contribution in [0, 0.1) is 0 Å². The van der Waals surface area contributed by atoms with Gasteiger partial charge in [0.25, 0.3) is 10.1 Å². The summed E-state index contributed by atoms with van der Waals surface area (Å²) in [6.07, 6.45) is -1.13. The Kier molecular flexibility index (Phi) is 10.6. The molecule has 1 atom stereocenters. The minimum atomic E-state index is -4.60. The van der Waals surface area contributed by atoms with Crippen molar-refractivity contribution in [2.75, 3.05) is 45.3 Å². The molecule has 1 aliphatic rings. The molecule has 38 heavy (non-hydrogen) atoms. The fourth-order valence-corrected chi connectivity index (χ4v) is 4.68. The Balaban J connectivity index is 1.48. The van der Waals surface area contributed by atoms with Gasteiger partial charge < -0.3 is 30.0 Å². The Labute approximate surface area is 220 Å². The molecule has 0 saturated heterocycles. The molecule has 0 spiro atoms. The number of rotatable bonds is 15. The molecule has 12 nitrogen and oxygen atoms in total. The second-order valence-corrected chi connectivity index (χ2v) is 9.93. The number of nitrogens with one attached hydrogen (secondary N) is 2. The zero-order chi connectivity index (χ0) is 27.5. The number of amides is 2. The van der Waals surface area contributed by atoms with Gasteiger partial charge in [-0.3, -0.25) is 14.1 Å². The zero-order valence-electron chi connectivity index (χ0n) is 20.5. The largest absolute Gasteiger partial charge is 0.481 e. The molecule has 0 aliphatic heterocycles. The van der Waals surface area contributed by atoms with E-state index in [-0.39, 0.29) is 51.9 Å². The molecule has 1 aliphatic carbocycles. The summed E-state index contributed by atoms with van der Waals surface area (Å²) in [5, 5.41) is 13.2. The lowest BCUT2D eigenvalue weighted by Crippen LogP contribution is -2.51. The van der Waals surface area contributed by atoms with Crippen molar-refractivity contribution in [3.05, 3.63) is 59.7 Å². The van der Waals surface area contributed by atoms with Gasteiger partial charge in [0.15, 0.2) is 0 Å². The molecule has 1 unspecified atom stereocenters. The molecular weight excluding hydrogens is 520 g/mol. The number of carboxylic acids is 1. The third-order valence-electron chi connectivity index (χ3n) is 5.71. The monoisotopic (exact) mass is 550 g/mol. The van der Waals surface area contributed by atoms with Crippen LogP contribution in [-0.2, 0) is 33.9 Å². The van der Waals surface area contributed by atoms with Gasteiger partial charge in [-0.2, -0.15) is 8.42 Å². The van der Waals surface area contributed by atoms with Gasteiger partial charge in [-0.1, -0.05) is 48.5 Å². The maximum absolute atomic E-state index is 12.5. The molecule has 0 fully saturated rings. The second-order valence-electron chi connectivity index (χ2n) is 8.43. The highest BCUT2D eigenvalue weighted by Gasteiger charge is 2.30. The predicted octanol–water partition coefficient (Wildman–Crippen LogP) is 1.41. The van der Waals surface area contributed by atoms with Gasteiger partial charge in [0.2, 0.25) is 5.91 Å². The number of hydrogen-bond acceptors (Lipinski definition) is 8. The fraction of sp³-hybridized carbons (Fsp3) is 0.400. The summed E-state index contributed by atoms with van der Waals surface area (Å²) in [6.45, 7) is 0.370. The predicted molar refractivity (Wildman–Crippen MR) is 135 cm³/mol. The van der Waals surface area contributed by atoms with E-state index in [9.17, 15) is 27.4 Å². The van der Waals surface area contributed by atoms with Crippen molar-refractivity contribution >= 4 is 28.1 Å². The number of hydrogen-bond donors (Lipinski definition) is 4. The molecule has 0 saturated carbocycles. The highest BCUT2D eigenvalue weighted by molar-refractivity contribution is 7.85. The van der Waals surface area contributed by atoms with Gasteiger partial charge in [-0.25, -0.2) is 4.79 Å². The van der Waals surface area contributed by atoms with E-state index in [1.807, 2.05) is 48.5 Å². The average Bonchev–Trinajstić information content (AvgIpc) is 3.18. The Morgan fingerprint density at radius 1 is 0.895 bits per heavy atom. The summed E-state index contributed by atoms with van der Waals surface area (Å²) in [7, 11) is -4.60. The van der Waals surface area contributed by atoms with Crippen LogP contribution in [0.1, 0.15) is 23.5 Å². The number of ether oxygens (including phenoxy) is 3. The van der Waals surface area contributed by atoms with Gasteiger partial charge in [-0.15, -0.1) is 0 Å². The average molecular weight is 551 g/mol. The zero-order valence-corrected chi connectivity index (χ0v) is 21.3. The van der Waals surface area contributed by atoms with Crippen molar-refractivity contribution in [3.63, 3.8) is 0 Å². The van der Waals surface area contributed by atoms with Crippen LogP contribution in [0.5, 0.6) is 0 Å². The SMILES string of the molecule is O=C(O)CCOCCOCCNC(=O)C(CS(=O)(=O)O)NC(=O)OCC1c2ccccc2-c2ccccc21.